The van der Waals surface area contributed by atoms with Crippen LogP contribution in [-0.4, -0.2) is 7.11 Å². The molecule has 0 aliphatic rings. The van der Waals surface area contributed by atoms with Crippen LogP contribution < -0.4 is 5.32 Å². The normalized spacial score (nSPS) is 10.4. The van der Waals surface area contributed by atoms with Gasteiger partial charge in [-0.25, -0.2) is 0 Å². The summed E-state index contributed by atoms with van der Waals surface area (Å²) >= 11 is 0. The number of rotatable bonds is 6. The van der Waals surface area contributed by atoms with Crippen molar-refractivity contribution in [3.05, 3.63) is 65.2 Å². The van der Waals surface area contributed by atoms with Gasteiger partial charge in [-0.3, -0.25) is 0 Å². The van der Waals surface area contributed by atoms with Gasteiger partial charge in [-0.05, 0) is 23.6 Å². The molecule has 100 valence electrons. The predicted octanol–water partition coefficient (Wildman–Crippen LogP) is 4.01. The first-order chi connectivity index (χ1) is 9.33. The molecule has 2 rings (SSSR count). The van der Waals surface area contributed by atoms with Crippen molar-refractivity contribution in [1.82, 2.24) is 0 Å². The third kappa shape index (κ3) is 3.83. The van der Waals surface area contributed by atoms with Crippen molar-refractivity contribution in [2.45, 2.75) is 26.5 Å². The Labute approximate surface area is 115 Å². The molecule has 2 aromatic carbocycles. The van der Waals surface area contributed by atoms with Crippen molar-refractivity contribution in [2.75, 3.05) is 12.4 Å². The second-order valence-corrected chi connectivity index (χ2v) is 4.61. The molecule has 0 saturated carbocycles. The van der Waals surface area contributed by atoms with E-state index in [1.807, 2.05) is 12.1 Å². The zero-order valence-electron chi connectivity index (χ0n) is 11.6. The second kappa shape index (κ2) is 6.95. The van der Waals surface area contributed by atoms with Crippen molar-refractivity contribution in [1.29, 1.82) is 0 Å². The molecule has 2 nitrogen and oxygen atoms in total. The maximum Gasteiger partial charge on any atom is 0.0733 e. The highest BCUT2D eigenvalue weighted by Crippen LogP contribution is 2.17. The van der Waals surface area contributed by atoms with Crippen LogP contribution in [0.25, 0.3) is 0 Å². The van der Waals surface area contributed by atoms with Crippen molar-refractivity contribution >= 4 is 5.69 Å². The summed E-state index contributed by atoms with van der Waals surface area (Å²) in [5.74, 6) is 0. The molecule has 0 aromatic heterocycles. The molecule has 0 atom stereocenters. The first kappa shape index (κ1) is 13.6. The van der Waals surface area contributed by atoms with E-state index >= 15 is 0 Å². The largest absolute Gasteiger partial charge is 0.381 e. The fraction of sp³-hybridized carbons (Fsp3) is 0.294. The molecule has 2 heteroatoms. The van der Waals surface area contributed by atoms with Crippen LogP contribution in [0.1, 0.15) is 23.6 Å². The van der Waals surface area contributed by atoms with Crippen molar-refractivity contribution in [3.63, 3.8) is 0 Å². The highest BCUT2D eigenvalue weighted by Gasteiger charge is 2.01. The zero-order valence-corrected chi connectivity index (χ0v) is 11.6. The van der Waals surface area contributed by atoms with Crippen LogP contribution in [0.15, 0.2) is 48.5 Å². The Morgan fingerprint density at radius 1 is 0.947 bits per heavy atom. The first-order valence-electron chi connectivity index (χ1n) is 6.72. The minimum atomic E-state index is 0.637. The van der Waals surface area contributed by atoms with Gasteiger partial charge in [0.2, 0.25) is 0 Å². The molecule has 0 aliphatic carbocycles. The maximum absolute atomic E-state index is 5.21. The number of aryl methyl sites for hydroxylation is 1. The Balaban J connectivity index is 2.01. The van der Waals surface area contributed by atoms with Crippen LogP contribution >= 0.6 is 0 Å². The molecule has 0 saturated heterocycles. The Morgan fingerprint density at radius 2 is 1.63 bits per heavy atom. The van der Waals surface area contributed by atoms with E-state index in [1.165, 1.54) is 16.7 Å². The topological polar surface area (TPSA) is 21.3 Å². The van der Waals surface area contributed by atoms with Crippen molar-refractivity contribution in [2.24, 2.45) is 0 Å². The van der Waals surface area contributed by atoms with Gasteiger partial charge in [-0.15, -0.1) is 0 Å². The minimum Gasteiger partial charge on any atom is -0.381 e. The van der Waals surface area contributed by atoms with Crippen LogP contribution in [0, 0.1) is 0 Å². The van der Waals surface area contributed by atoms with Gasteiger partial charge in [0.05, 0.1) is 6.61 Å². The van der Waals surface area contributed by atoms with E-state index in [0.717, 1.165) is 18.7 Å². The van der Waals surface area contributed by atoms with Gasteiger partial charge in [-0.1, -0.05) is 49.4 Å². The van der Waals surface area contributed by atoms with Gasteiger partial charge in [-0.2, -0.15) is 0 Å². The summed E-state index contributed by atoms with van der Waals surface area (Å²) in [6.45, 7) is 3.65. The molecule has 0 radical (unpaired) electrons. The number of methoxy groups -OCH3 is 1. The molecule has 0 aliphatic heterocycles. The molecule has 0 amide bonds. The molecule has 0 spiro atoms. The Kier molecular flexibility index (Phi) is 4.99. The van der Waals surface area contributed by atoms with E-state index in [9.17, 15) is 0 Å². The Bertz CT molecular complexity index is 505. The summed E-state index contributed by atoms with van der Waals surface area (Å²) < 4.78 is 5.21. The Hall–Kier alpha value is -1.80. The minimum absolute atomic E-state index is 0.637. The lowest BCUT2D eigenvalue weighted by molar-refractivity contribution is 0.185. The molecular formula is C17H21NO. The molecule has 0 heterocycles. The monoisotopic (exact) mass is 255 g/mol. The highest BCUT2D eigenvalue weighted by atomic mass is 16.5. The Morgan fingerprint density at radius 3 is 2.32 bits per heavy atom. The average Bonchev–Trinajstić information content (AvgIpc) is 2.47. The maximum atomic E-state index is 5.21. The third-order valence-corrected chi connectivity index (χ3v) is 3.23. The average molecular weight is 255 g/mol. The van der Waals surface area contributed by atoms with Crippen LogP contribution in [0.3, 0.4) is 0 Å². The van der Waals surface area contributed by atoms with Gasteiger partial charge in [0, 0.05) is 24.9 Å². The molecule has 0 bridgehead atoms. The number of ether oxygens (including phenoxy) is 1. The van der Waals surface area contributed by atoms with E-state index in [2.05, 4.69) is 48.6 Å². The lowest BCUT2D eigenvalue weighted by atomic mass is 10.1. The third-order valence-electron chi connectivity index (χ3n) is 3.23. The summed E-state index contributed by atoms with van der Waals surface area (Å²) in [5.41, 5.74) is 5.01. The number of hydrogen-bond donors (Lipinski definition) is 1. The fourth-order valence-electron chi connectivity index (χ4n) is 2.06. The molecule has 19 heavy (non-hydrogen) atoms. The first-order valence-corrected chi connectivity index (χ1v) is 6.72. The number of benzene rings is 2. The van der Waals surface area contributed by atoms with Crippen LogP contribution in [-0.2, 0) is 24.3 Å². The summed E-state index contributed by atoms with van der Waals surface area (Å²) in [6.07, 6.45) is 1.09. The second-order valence-electron chi connectivity index (χ2n) is 4.61. The number of para-hydroxylation sites is 1. The molecule has 0 unspecified atom stereocenters. The van der Waals surface area contributed by atoms with E-state index in [-0.39, 0.29) is 0 Å². The van der Waals surface area contributed by atoms with E-state index in [4.69, 9.17) is 4.74 Å². The molecular weight excluding hydrogens is 234 g/mol. The number of hydrogen-bond acceptors (Lipinski definition) is 2. The van der Waals surface area contributed by atoms with Gasteiger partial charge >= 0.3 is 0 Å². The summed E-state index contributed by atoms with van der Waals surface area (Å²) in [5, 5.41) is 3.47. The fourth-order valence-corrected chi connectivity index (χ4v) is 2.06. The van der Waals surface area contributed by atoms with Gasteiger partial charge in [0.25, 0.3) is 0 Å². The van der Waals surface area contributed by atoms with E-state index in [1.54, 1.807) is 7.11 Å². The number of nitrogens with one attached hydrogen (secondary N) is 1. The molecule has 1 N–H and O–H groups in total. The van der Waals surface area contributed by atoms with E-state index < -0.39 is 0 Å². The van der Waals surface area contributed by atoms with Crippen molar-refractivity contribution < 1.29 is 4.74 Å². The smallest absolute Gasteiger partial charge is 0.0733 e. The van der Waals surface area contributed by atoms with Gasteiger partial charge in [0.1, 0.15) is 0 Å². The standard InChI is InChI=1S/C17H21NO/c1-3-14-8-10-15(11-9-14)12-18-17-7-5-4-6-16(17)13-19-2/h4-11,18H,3,12-13H2,1-2H3. The predicted molar refractivity (Wildman–Crippen MR) is 80.3 cm³/mol. The van der Waals surface area contributed by atoms with Gasteiger partial charge < -0.3 is 10.1 Å². The summed E-state index contributed by atoms with van der Waals surface area (Å²) in [7, 11) is 1.72. The molecule has 2 aromatic rings. The number of anilines is 1. The molecule has 0 fully saturated rings. The van der Waals surface area contributed by atoms with Crippen LogP contribution in [0.5, 0.6) is 0 Å². The van der Waals surface area contributed by atoms with Crippen LogP contribution in [0.4, 0.5) is 5.69 Å². The highest BCUT2D eigenvalue weighted by molar-refractivity contribution is 5.51. The van der Waals surface area contributed by atoms with Crippen molar-refractivity contribution in [3.8, 4) is 0 Å². The lowest BCUT2D eigenvalue weighted by Gasteiger charge is -2.11. The van der Waals surface area contributed by atoms with Gasteiger partial charge in [0.15, 0.2) is 0 Å². The SMILES string of the molecule is CCc1ccc(CNc2ccccc2COC)cc1. The van der Waals surface area contributed by atoms with Crippen LogP contribution in [0.2, 0.25) is 0 Å². The lowest BCUT2D eigenvalue weighted by Crippen LogP contribution is -2.03. The zero-order chi connectivity index (χ0) is 13.5. The quantitative estimate of drug-likeness (QED) is 0.842. The summed E-state index contributed by atoms with van der Waals surface area (Å²) in [4.78, 5) is 0. The summed E-state index contributed by atoms with van der Waals surface area (Å²) in [6, 6.07) is 17.0. The van der Waals surface area contributed by atoms with E-state index in [0.29, 0.717) is 6.61 Å².